The van der Waals surface area contributed by atoms with Gasteiger partial charge in [0.05, 0.1) is 8.80 Å². The molecule has 0 bridgehead atoms. The van der Waals surface area contributed by atoms with E-state index in [-0.39, 0.29) is 8.80 Å². The summed E-state index contributed by atoms with van der Waals surface area (Å²) in [4.78, 5) is 0. The average Bonchev–Trinajstić information content (AvgIpc) is 2.05. The van der Waals surface area contributed by atoms with Gasteiger partial charge in [-0.25, -0.2) is 0 Å². The van der Waals surface area contributed by atoms with Crippen LogP contribution in [0.25, 0.3) is 0 Å². The van der Waals surface area contributed by atoms with Crippen molar-refractivity contribution < 1.29 is 0 Å². The lowest BCUT2D eigenvalue weighted by molar-refractivity contribution is 0.803. The molecule has 0 saturated heterocycles. The fraction of sp³-hybridized carbons (Fsp3) is 1.00. The number of hydrogen-bond donors (Lipinski definition) is 1. The highest BCUT2D eigenvalue weighted by Crippen LogP contribution is 2.03. The summed E-state index contributed by atoms with van der Waals surface area (Å²) >= 11 is 0. The molecule has 0 rings (SSSR count). The summed E-state index contributed by atoms with van der Waals surface area (Å²) in [6, 6.07) is 3.01. The highest BCUT2D eigenvalue weighted by molar-refractivity contribution is 6.58. The average molecular weight is 173 g/mol. The number of nitrogens with one attached hydrogen (secondary N) is 1. The number of rotatable bonds is 7. The Labute approximate surface area is 73.2 Å². The van der Waals surface area contributed by atoms with Crippen LogP contribution in [0, 0.1) is 0 Å². The van der Waals surface area contributed by atoms with Gasteiger partial charge in [0.25, 0.3) is 0 Å². The predicted molar refractivity (Wildman–Crippen MR) is 55.9 cm³/mol. The van der Waals surface area contributed by atoms with Gasteiger partial charge < -0.3 is 5.32 Å². The zero-order valence-corrected chi connectivity index (χ0v) is 9.47. The van der Waals surface area contributed by atoms with Crippen molar-refractivity contribution in [3.8, 4) is 0 Å². The molecule has 0 aliphatic rings. The molecule has 0 radical (unpaired) electrons. The van der Waals surface area contributed by atoms with Gasteiger partial charge >= 0.3 is 0 Å². The Hall–Kier alpha value is 0.177. The molecule has 0 heterocycles. The normalized spacial score (nSPS) is 13.4. The Kier molecular flexibility index (Phi) is 8.41. The van der Waals surface area contributed by atoms with E-state index < -0.39 is 0 Å². The Morgan fingerprint density at radius 1 is 1.18 bits per heavy atom. The maximum atomic E-state index is 3.47. The van der Waals surface area contributed by atoms with E-state index in [2.05, 4.69) is 26.1 Å². The fourth-order valence-electron chi connectivity index (χ4n) is 1.29. The zero-order valence-electron chi connectivity index (χ0n) is 8.32. The van der Waals surface area contributed by atoms with Crippen molar-refractivity contribution in [1.82, 2.24) is 5.32 Å². The second-order valence-corrected chi connectivity index (χ2v) is 6.76. The van der Waals surface area contributed by atoms with E-state index >= 15 is 0 Å². The van der Waals surface area contributed by atoms with Crippen molar-refractivity contribution in [3.63, 3.8) is 0 Å². The van der Waals surface area contributed by atoms with Gasteiger partial charge in [-0.3, -0.25) is 0 Å². The molecule has 0 aliphatic carbocycles. The first-order chi connectivity index (χ1) is 5.35. The van der Waals surface area contributed by atoms with E-state index in [1.165, 1.54) is 25.1 Å². The van der Waals surface area contributed by atoms with Crippen LogP contribution in [0.4, 0.5) is 0 Å². The van der Waals surface area contributed by atoms with Crippen LogP contribution in [0.2, 0.25) is 12.1 Å². The third kappa shape index (κ3) is 6.57. The Bertz CT molecular complexity index is 68.0. The van der Waals surface area contributed by atoms with Crippen LogP contribution in [0.1, 0.15) is 33.6 Å². The molecule has 2 heteroatoms. The van der Waals surface area contributed by atoms with Crippen molar-refractivity contribution in [3.05, 3.63) is 0 Å². The lowest BCUT2D eigenvalue weighted by Crippen LogP contribution is -2.29. The Morgan fingerprint density at radius 3 is 2.36 bits per heavy atom. The van der Waals surface area contributed by atoms with Gasteiger partial charge in [0.15, 0.2) is 0 Å². The van der Waals surface area contributed by atoms with E-state index in [0.29, 0.717) is 0 Å². The molecular formula is C9H23NSi. The third-order valence-corrected chi connectivity index (χ3v) is 5.47. The van der Waals surface area contributed by atoms with Gasteiger partial charge in [0.1, 0.15) is 0 Å². The van der Waals surface area contributed by atoms with Gasteiger partial charge in [-0.2, -0.15) is 0 Å². The van der Waals surface area contributed by atoms with Crippen LogP contribution in [0.3, 0.4) is 0 Å². The maximum Gasteiger partial charge on any atom is 0.0524 e. The van der Waals surface area contributed by atoms with E-state index in [1.54, 1.807) is 6.04 Å². The molecule has 0 fully saturated rings. The second-order valence-electron chi connectivity index (χ2n) is 3.22. The first-order valence-electron chi connectivity index (χ1n) is 5.05. The molecule has 1 unspecified atom stereocenters. The van der Waals surface area contributed by atoms with Crippen LogP contribution >= 0.6 is 0 Å². The van der Waals surface area contributed by atoms with Crippen molar-refractivity contribution in [2.45, 2.75) is 45.7 Å². The van der Waals surface area contributed by atoms with Crippen molar-refractivity contribution in [2.24, 2.45) is 0 Å². The Balaban J connectivity index is 3.25. The Morgan fingerprint density at radius 2 is 1.91 bits per heavy atom. The van der Waals surface area contributed by atoms with Crippen LogP contribution in [0.5, 0.6) is 0 Å². The van der Waals surface area contributed by atoms with Gasteiger partial charge in [-0.1, -0.05) is 45.7 Å². The molecule has 11 heavy (non-hydrogen) atoms. The van der Waals surface area contributed by atoms with Crippen molar-refractivity contribution in [1.29, 1.82) is 0 Å². The van der Waals surface area contributed by atoms with Gasteiger partial charge in [0.2, 0.25) is 0 Å². The van der Waals surface area contributed by atoms with E-state index in [9.17, 15) is 0 Å². The lowest BCUT2D eigenvalue weighted by Gasteiger charge is -2.12. The molecule has 0 aliphatic heterocycles. The second kappa shape index (κ2) is 8.28. The first-order valence-corrected chi connectivity index (χ1v) is 7.50. The summed E-state index contributed by atoms with van der Waals surface area (Å²) < 4.78 is 0. The highest BCUT2D eigenvalue weighted by Gasteiger charge is 2.05. The molecule has 0 aromatic heterocycles. The van der Waals surface area contributed by atoms with Gasteiger partial charge in [-0.15, -0.1) is 0 Å². The van der Waals surface area contributed by atoms with Crippen LogP contribution < -0.4 is 5.32 Å². The minimum Gasteiger partial charge on any atom is -0.320 e. The van der Waals surface area contributed by atoms with Crippen LogP contribution in [-0.4, -0.2) is 21.5 Å². The maximum absolute atomic E-state index is 3.47. The molecule has 1 atom stereocenters. The minimum absolute atomic E-state index is 0.359. The topological polar surface area (TPSA) is 12.0 Å². The molecule has 1 nitrogen and oxygen atoms in total. The number of unbranched alkanes of at least 4 members (excludes halogenated alkanes) is 1. The van der Waals surface area contributed by atoms with E-state index in [0.717, 1.165) is 6.54 Å². The van der Waals surface area contributed by atoms with Crippen LogP contribution in [-0.2, 0) is 0 Å². The summed E-state index contributed by atoms with van der Waals surface area (Å²) in [5.74, 6) is 0. The molecule has 0 spiro atoms. The summed E-state index contributed by atoms with van der Waals surface area (Å²) in [7, 11) is -0.359. The first kappa shape index (κ1) is 11.2. The summed E-state index contributed by atoms with van der Waals surface area (Å²) in [6.07, 6.45) is 4.18. The predicted octanol–water partition coefficient (Wildman–Crippen LogP) is 2.18. The molecule has 0 amide bonds. The SMILES string of the molecule is CCCC[SiH](CC)CNCC. The zero-order chi connectivity index (χ0) is 8.53. The summed E-state index contributed by atoms with van der Waals surface area (Å²) in [6.45, 7) is 7.98. The largest absolute Gasteiger partial charge is 0.320 e. The van der Waals surface area contributed by atoms with Crippen molar-refractivity contribution >= 4 is 8.80 Å². The quantitative estimate of drug-likeness (QED) is 0.582. The molecule has 68 valence electrons. The lowest BCUT2D eigenvalue weighted by atomic mass is 10.4. The van der Waals surface area contributed by atoms with Crippen molar-refractivity contribution in [2.75, 3.05) is 12.7 Å². The van der Waals surface area contributed by atoms with Gasteiger partial charge in [0, 0.05) is 0 Å². The monoisotopic (exact) mass is 173 g/mol. The molecular weight excluding hydrogens is 150 g/mol. The minimum atomic E-state index is -0.359. The molecule has 0 aromatic rings. The number of hydrogen-bond acceptors (Lipinski definition) is 1. The molecule has 1 N–H and O–H groups in total. The van der Waals surface area contributed by atoms with E-state index in [4.69, 9.17) is 0 Å². The summed E-state index contributed by atoms with van der Waals surface area (Å²) in [5, 5.41) is 3.47. The fourth-order valence-corrected chi connectivity index (χ4v) is 3.88. The van der Waals surface area contributed by atoms with Crippen LogP contribution in [0.15, 0.2) is 0 Å². The summed E-state index contributed by atoms with van der Waals surface area (Å²) in [5.41, 5.74) is 0. The van der Waals surface area contributed by atoms with E-state index in [1.807, 2.05) is 0 Å². The smallest absolute Gasteiger partial charge is 0.0524 e. The molecule has 0 saturated carbocycles. The standard InChI is InChI=1S/C9H23NSi/c1-4-7-8-11(6-3)9-10-5-2/h10-11H,4-9H2,1-3H3. The highest BCUT2D eigenvalue weighted by atomic mass is 28.3. The third-order valence-electron chi connectivity index (χ3n) is 2.23. The molecule has 0 aromatic carbocycles. The van der Waals surface area contributed by atoms with Gasteiger partial charge in [-0.05, 0) is 12.7 Å².